The van der Waals surface area contributed by atoms with E-state index >= 15 is 0 Å². The Morgan fingerprint density at radius 1 is 1.23 bits per heavy atom. The van der Waals surface area contributed by atoms with E-state index < -0.39 is 12.2 Å². The number of aliphatic hydroxyl groups is 2. The van der Waals surface area contributed by atoms with Gasteiger partial charge in [0.1, 0.15) is 11.9 Å². The van der Waals surface area contributed by atoms with Crippen molar-refractivity contribution in [2.75, 3.05) is 6.54 Å². The number of pyridine rings is 1. The van der Waals surface area contributed by atoms with Crippen LogP contribution in [0.1, 0.15) is 62.1 Å². The zero-order valence-corrected chi connectivity index (χ0v) is 20.9. The molecular formula is C30H38N2O3. The van der Waals surface area contributed by atoms with E-state index in [-0.39, 0.29) is 23.9 Å². The number of rotatable bonds is 11. The van der Waals surface area contributed by atoms with Crippen LogP contribution < -0.4 is 10.1 Å². The minimum absolute atomic E-state index is 0.00152. The lowest BCUT2D eigenvalue weighted by Crippen LogP contribution is -2.19. The molecule has 6 atom stereocenters. The molecule has 4 rings (SSSR count). The second-order valence-electron chi connectivity index (χ2n) is 9.87. The van der Waals surface area contributed by atoms with Crippen LogP contribution in [0.5, 0.6) is 5.75 Å². The summed E-state index contributed by atoms with van der Waals surface area (Å²) in [6, 6.07) is 10.5. The van der Waals surface area contributed by atoms with Crippen LogP contribution in [0, 0.1) is 23.7 Å². The van der Waals surface area contributed by atoms with E-state index in [1.54, 1.807) is 0 Å². The van der Waals surface area contributed by atoms with Crippen molar-refractivity contribution in [2.45, 2.75) is 76.7 Å². The van der Waals surface area contributed by atoms with Gasteiger partial charge in [0.25, 0.3) is 0 Å². The van der Waals surface area contributed by atoms with Crippen LogP contribution in [-0.2, 0) is 13.0 Å². The van der Waals surface area contributed by atoms with Crippen LogP contribution in [0.3, 0.4) is 0 Å². The smallest absolute Gasteiger partial charge is 0.126 e. The molecule has 0 radical (unpaired) electrons. The Hall–Kier alpha value is -2.65. The lowest BCUT2D eigenvalue weighted by Gasteiger charge is -2.19. The van der Waals surface area contributed by atoms with E-state index in [1.165, 1.54) is 16.7 Å². The van der Waals surface area contributed by atoms with E-state index in [9.17, 15) is 10.2 Å². The van der Waals surface area contributed by atoms with Crippen molar-refractivity contribution in [3.05, 3.63) is 71.6 Å². The second-order valence-corrected chi connectivity index (χ2v) is 9.87. The van der Waals surface area contributed by atoms with E-state index in [4.69, 9.17) is 4.74 Å². The molecule has 1 aromatic carbocycles. The largest absolute Gasteiger partial charge is 0.489 e. The number of ether oxygens (including phenoxy) is 1. The average molecular weight is 475 g/mol. The van der Waals surface area contributed by atoms with Crippen LogP contribution >= 0.6 is 0 Å². The number of benzene rings is 1. The van der Waals surface area contributed by atoms with Crippen molar-refractivity contribution in [3.8, 4) is 17.6 Å². The van der Waals surface area contributed by atoms with Crippen molar-refractivity contribution in [1.82, 2.24) is 10.3 Å². The second kappa shape index (κ2) is 12.4. The number of aryl methyl sites for hydroxylation is 1. The topological polar surface area (TPSA) is 74.6 Å². The van der Waals surface area contributed by atoms with Crippen LogP contribution in [0.25, 0.3) is 0 Å². The highest BCUT2D eigenvalue weighted by atomic mass is 16.5. The van der Waals surface area contributed by atoms with E-state index in [2.05, 4.69) is 40.3 Å². The Morgan fingerprint density at radius 2 is 2.06 bits per heavy atom. The number of para-hydroxylation sites is 1. The van der Waals surface area contributed by atoms with Gasteiger partial charge in [0.05, 0.1) is 12.2 Å². The van der Waals surface area contributed by atoms with Gasteiger partial charge in [-0.25, -0.2) is 0 Å². The highest BCUT2D eigenvalue weighted by Crippen LogP contribution is 2.52. The third-order valence-corrected chi connectivity index (χ3v) is 7.33. The summed E-state index contributed by atoms with van der Waals surface area (Å²) in [5, 5.41) is 24.8. The van der Waals surface area contributed by atoms with Crippen LogP contribution in [0.15, 0.2) is 54.9 Å². The van der Waals surface area contributed by atoms with Crippen LogP contribution in [-0.4, -0.2) is 40.1 Å². The van der Waals surface area contributed by atoms with Crippen molar-refractivity contribution < 1.29 is 14.9 Å². The average Bonchev–Trinajstić information content (AvgIpc) is 3.38. The number of fused-ring (bicyclic) bond motifs is 3. The number of aromatic nitrogens is 1. The molecule has 2 aromatic rings. The molecule has 0 amide bonds. The molecule has 0 spiro atoms. The Kier molecular flexibility index (Phi) is 8.98. The third kappa shape index (κ3) is 6.32. The van der Waals surface area contributed by atoms with Gasteiger partial charge in [-0.3, -0.25) is 4.98 Å². The summed E-state index contributed by atoms with van der Waals surface area (Å²) in [4.78, 5) is 4.06. The van der Waals surface area contributed by atoms with Gasteiger partial charge < -0.3 is 20.3 Å². The first-order valence-electron chi connectivity index (χ1n) is 12.9. The first kappa shape index (κ1) is 25.4. The lowest BCUT2D eigenvalue weighted by molar-refractivity contribution is 0.134. The number of unbranched alkanes of at least 4 members (excludes halogenated alkanes) is 1. The molecule has 0 bridgehead atoms. The predicted molar refractivity (Wildman–Crippen MR) is 139 cm³/mol. The molecule has 1 aromatic heterocycles. The van der Waals surface area contributed by atoms with Gasteiger partial charge in [-0.2, -0.15) is 0 Å². The fourth-order valence-corrected chi connectivity index (χ4v) is 5.28. The maximum absolute atomic E-state index is 10.7. The zero-order chi connectivity index (χ0) is 24.6. The first-order valence-corrected chi connectivity index (χ1v) is 12.9. The Bertz CT molecular complexity index is 1040. The van der Waals surface area contributed by atoms with Crippen molar-refractivity contribution in [2.24, 2.45) is 11.8 Å². The number of hydrogen-bond donors (Lipinski definition) is 3. The molecule has 0 saturated heterocycles. The van der Waals surface area contributed by atoms with E-state index in [1.807, 2.05) is 50.5 Å². The van der Waals surface area contributed by atoms with Gasteiger partial charge >= 0.3 is 0 Å². The van der Waals surface area contributed by atoms with Gasteiger partial charge in [0.2, 0.25) is 0 Å². The minimum atomic E-state index is -0.567. The van der Waals surface area contributed by atoms with Gasteiger partial charge in [-0.1, -0.05) is 37.3 Å². The standard InChI is InChI=1S/C30H38N2O3/c1-3-4-8-21(2)26(33)13-12-24-27(34)19-28-29(24)25-11-7-10-23(30(25)35-28)9-5-6-16-32-20-22-14-17-31-18-15-22/h7,10-15,17-18,21,24,26-29,32-34H,5-6,8-9,16,19-20H2,1-2H3/b13-12+/t21-,24+,26-,27-,28+,29+/m1/s1. The molecule has 186 valence electrons. The molecule has 0 unspecified atom stereocenters. The molecule has 1 aliphatic carbocycles. The summed E-state index contributed by atoms with van der Waals surface area (Å²) in [6.45, 7) is 5.67. The van der Waals surface area contributed by atoms with Gasteiger partial charge in [-0.05, 0) is 61.9 Å². The maximum Gasteiger partial charge on any atom is 0.126 e. The summed E-state index contributed by atoms with van der Waals surface area (Å²) in [6.07, 6.45) is 10.9. The van der Waals surface area contributed by atoms with E-state index in [0.717, 1.165) is 38.1 Å². The maximum atomic E-state index is 10.7. The Balaban J connectivity index is 1.33. The SMILES string of the molecule is CC#CC[C@@H](C)[C@H](O)/C=C/[C@@H]1[C@H]2c3cccc(CCCCNCc4ccncc4)c3O[C@H]2C[C@H]1O. The molecule has 2 heterocycles. The van der Waals surface area contributed by atoms with Crippen LogP contribution in [0.4, 0.5) is 0 Å². The van der Waals surface area contributed by atoms with Crippen molar-refractivity contribution in [3.63, 3.8) is 0 Å². The molecule has 1 aliphatic heterocycles. The van der Waals surface area contributed by atoms with Gasteiger partial charge in [-0.15, -0.1) is 11.8 Å². The monoisotopic (exact) mass is 474 g/mol. The molecule has 5 nitrogen and oxygen atoms in total. The number of nitrogens with zero attached hydrogens (tertiary/aromatic N) is 1. The lowest BCUT2D eigenvalue weighted by atomic mass is 9.86. The quantitative estimate of drug-likeness (QED) is 0.256. The summed E-state index contributed by atoms with van der Waals surface area (Å²) >= 11 is 0. The third-order valence-electron chi connectivity index (χ3n) is 7.33. The fraction of sp³-hybridized carbons (Fsp3) is 0.500. The summed E-state index contributed by atoms with van der Waals surface area (Å²) in [5.74, 6) is 7.09. The van der Waals surface area contributed by atoms with Crippen molar-refractivity contribution in [1.29, 1.82) is 0 Å². The fourth-order valence-electron chi connectivity index (χ4n) is 5.28. The van der Waals surface area contributed by atoms with Crippen LogP contribution in [0.2, 0.25) is 0 Å². The van der Waals surface area contributed by atoms with Crippen molar-refractivity contribution >= 4 is 0 Å². The molecular weight excluding hydrogens is 436 g/mol. The highest BCUT2D eigenvalue weighted by molar-refractivity contribution is 5.49. The predicted octanol–water partition coefficient (Wildman–Crippen LogP) is 4.39. The van der Waals surface area contributed by atoms with Gasteiger partial charge in [0, 0.05) is 49.2 Å². The number of aliphatic hydroxyl groups excluding tert-OH is 2. The number of nitrogens with one attached hydrogen (secondary N) is 1. The Morgan fingerprint density at radius 3 is 2.86 bits per heavy atom. The molecule has 35 heavy (non-hydrogen) atoms. The highest BCUT2D eigenvalue weighted by Gasteiger charge is 2.48. The normalized spacial score (nSPS) is 24.3. The van der Waals surface area contributed by atoms with E-state index in [0.29, 0.717) is 12.8 Å². The molecule has 1 saturated carbocycles. The summed E-state index contributed by atoms with van der Waals surface area (Å²) < 4.78 is 6.41. The molecule has 1 fully saturated rings. The zero-order valence-electron chi connectivity index (χ0n) is 20.9. The molecule has 3 N–H and O–H groups in total. The molecule has 2 aliphatic rings. The summed E-state index contributed by atoms with van der Waals surface area (Å²) in [7, 11) is 0. The first-order chi connectivity index (χ1) is 17.1. The molecule has 5 heteroatoms. The summed E-state index contributed by atoms with van der Waals surface area (Å²) in [5.41, 5.74) is 3.71. The minimum Gasteiger partial charge on any atom is -0.489 e. The van der Waals surface area contributed by atoms with Gasteiger partial charge in [0.15, 0.2) is 0 Å². The number of hydrogen-bond acceptors (Lipinski definition) is 5. The Labute approximate surface area is 209 Å².